The largest absolute Gasteiger partial charge is 0.496 e. The third-order valence-corrected chi connectivity index (χ3v) is 3.52. The first-order chi connectivity index (χ1) is 9.66. The molecule has 2 aromatic rings. The molecule has 0 spiro atoms. The van der Waals surface area contributed by atoms with E-state index in [2.05, 4.69) is 28.9 Å². The van der Waals surface area contributed by atoms with Crippen molar-refractivity contribution in [3.05, 3.63) is 47.5 Å². The van der Waals surface area contributed by atoms with Crippen LogP contribution in [-0.4, -0.2) is 14.2 Å². The number of rotatable bonds is 5. The molecule has 0 saturated carbocycles. The van der Waals surface area contributed by atoms with Crippen molar-refractivity contribution >= 4 is 15.9 Å². The third-order valence-electron chi connectivity index (χ3n) is 2.91. The molecule has 0 aromatic heterocycles. The maximum atomic E-state index is 5.95. The summed E-state index contributed by atoms with van der Waals surface area (Å²) in [4.78, 5) is 0. The Labute approximate surface area is 127 Å². The molecule has 0 unspecified atom stereocenters. The van der Waals surface area contributed by atoms with Gasteiger partial charge < -0.3 is 14.2 Å². The number of hydrogen-bond donors (Lipinski definition) is 0. The van der Waals surface area contributed by atoms with Gasteiger partial charge in [0, 0.05) is 29.1 Å². The van der Waals surface area contributed by atoms with E-state index in [9.17, 15) is 0 Å². The smallest absolute Gasteiger partial charge is 0.134 e. The van der Waals surface area contributed by atoms with Gasteiger partial charge in [-0.25, -0.2) is 0 Å². The van der Waals surface area contributed by atoms with Gasteiger partial charge >= 0.3 is 0 Å². The summed E-state index contributed by atoms with van der Waals surface area (Å²) >= 11 is 3.48. The highest BCUT2D eigenvalue weighted by Crippen LogP contribution is 2.33. The fourth-order valence-electron chi connectivity index (χ4n) is 1.88. The van der Waals surface area contributed by atoms with Crippen LogP contribution in [0.3, 0.4) is 0 Å². The fourth-order valence-corrected chi connectivity index (χ4v) is 2.32. The van der Waals surface area contributed by atoms with Gasteiger partial charge in [-0.3, -0.25) is 0 Å². The number of methoxy groups -OCH3 is 2. The Balaban J connectivity index is 2.34. The van der Waals surface area contributed by atoms with E-state index in [1.54, 1.807) is 14.2 Å². The second kappa shape index (κ2) is 6.66. The molecule has 3 nitrogen and oxygen atoms in total. The zero-order valence-electron chi connectivity index (χ0n) is 11.8. The van der Waals surface area contributed by atoms with Gasteiger partial charge in [0.1, 0.15) is 23.0 Å². The van der Waals surface area contributed by atoms with Gasteiger partial charge in [-0.1, -0.05) is 33.6 Å². The standard InChI is InChI=1S/C16H17BrO3/c1-11-4-5-16(12(6-11)10-17)20-15-8-13(18-2)7-14(9-15)19-3/h4-9H,10H2,1-3H3. The average Bonchev–Trinajstić information content (AvgIpc) is 2.48. The minimum Gasteiger partial charge on any atom is -0.496 e. The summed E-state index contributed by atoms with van der Waals surface area (Å²) < 4.78 is 16.4. The van der Waals surface area contributed by atoms with E-state index in [0.717, 1.165) is 16.6 Å². The van der Waals surface area contributed by atoms with Crippen LogP contribution in [0, 0.1) is 6.92 Å². The van der Waals surface area contributed by atoms with Gasteiger partial charge in [-0.2, -0.15) is 0 Å². The van der Waals surface area contributed by atoms with Gasteiger partial charge in [0.15, 0.2) is 0 Å². The summed E-state index contributed by atoms with van der Waals surface area (Å²) in [6, 6.07) is 11.6. The van der Waals surface area contributed by atoms with Gasteiger partial charge in [-0.15, -0.1) is 0 Å². The summed E-state index contributed by atoms with van der Waals surface area (Å²) in [6.07, 6.45) is 0. The predicted octanol–water partition coefficient (Wildman–Crippen LogP) is 4.70. The van der Waals surface area contributed by atoms with Crippen molar-refractivity contribution in [2.45, 2.75) is 12.3 Å². The number of ether oxygens (including phenoxy) is 3. The lowest BCUT2D eigenvalue weighted by atomic mass is 10.1. The molecule has 0 bridgehead atoms. The molecule has 106 valence electrons. The second-order valence-electron chi connectivity index (χ2n) is 4.40. The lowest BCUT2D eigenvalue weighted by Gasteiger charge is -2.12. The van der Waals surface area contributed by atoms with E-state index in [1.807, 2.05) is 30.3 Å². The molecule has 0 aliphatic heterocycles. The lowest BCUT2D eigenvalue weighted by molar-refractivity contribution is 0.386. The van der Waals surface area contributed by atoms with Gasteiger partial charge in [0.2, 0.25) is 0 Å². The molecule has 0 radical (unpaired) electrons. The Kier molecular flexibility index (Phi) is 4.90. The number of hydrogen-bond acceptors (Lipinski definition) is 3. The first-order valence-corrected chi connectivity index (χ1v) is 7.35. The van der Waals surface area contributed by atoms with E-state index in [4.69, 9.17) is 14.2 Å². The fraction of sp³-hybridized carbons (Fsp3) is 0.250. The molecule has 0 heterocycles. The highest BCUT2D eigenvalue weighted by molar-refractivity contribution is 9.08. The molecule has 0 fully saturated rings. The van der Waals surface area contributed by atoms with Crippen molar-refractivity contribution in [1.82, 2.24) is 0 Å². The van der Waals surface area contributed by atoms with Gasteiger partial charge in [0.05, 0.1) is 14.2 Å². The monoisotopic (exact) mass is 336 g/mol. The number of benzene rings is 2. The van der Waals surface area contributed by atoms with Crippen molar-refractivity contribution < 1.29 is 14.2 Å². The van der Waals surface area contributed by atoms with Crippen LogP contribution in [0.15, 0.2) is 36.4 Å². The number of aryl methyl sites for hydroxylation is 1. The van der Waals surface area contributed by atoms with Crippen LogP contribution >= 0.6 is 15.9 Å². The first-order valence-electron chi connectivity index (χ1n) is 6.22. The Morgan fingerprint density at radius 2 is 1.50 bits per heavy atom. The molecule has 0 atom stereocenters. The van der Waals surface area contributed by atoms with Gasteiger partial charge in [-0.05, 0) is 13.0 Å². The molecule has 0 N–H and O–H groups in total. The van der Waals surface area contributed by atoms with E-state index in [0.29, 0.717) is 17.2 Å². The third kappa shape index (κ3) is 3.45. The quantitative estimate of drug-likeness (QED) is 0.740. The maximum Gasteiger partial charge on any atom is 0.134 e. The van der Waals surface area contributed by atoms with Crippen LogP contribution in [-0.2, 0) is 5.33 Å². The van der Waals surface area contributed by atoms with E-state index in [-0.39, 0.29) is 0 Å². The molecule has 0 amide bonds. The maximum absolute atomic E-state index is 5.95. The minimum absolute atomic E-state index is 0.687. The summed E-state index contributed by atoms with van der Waals surface area (Å²) in [5.41, 5.74) is 2.31. The van der Waals surface area contributed by atoms with Crippen molar-refractivity contribution in [3.8, 4) is 23.0 Å². The van der Waals surface area contributed by atoms with Crippen molar-refractivity contribution in [2.75, 3.05) is 14.2 Å². The summed E-state index contributed by atoms with van der Waals surface area (Å²) in [6.45, 7) is 2.06. The van der Waals surface area contributed by atoms with Crippen LogP contribution in [0.2, 0.25) is 0 Å². The Hall–Kier alpha value is -1.68. The summed E-state index contributed by atoms with van der Waals surface area (Å²) in [5.74, 6) is 2.91. The molecule has 0 saturated heterocycles. The van der Waals surface area contributed by atoms with E-state index >= 15 is 0 Å². The van der Waals surface area contributed by atoms with E-state index < -0.39 is 0 Å². The summed E-state index contributed by atoms with van der Waals surface area (Å²) in [7, 11) is 3.24. The Bertz CT molecular complexity index is 574. The van der Waals surface area contributed by atoms with E-state index in [1.165, 1.54) is 5.56 Å². The number of alkyl halides is 1. The van der Waals surface area contributed by atoms with Crippen LogP contribution in [0.5, 0.6) is 23.0 Å². The van der Waals surface area contributed by atoms with Crippen molar-refractivity contribution in [3.63, 3.8) is 0 Å². The minimum atomic E-state index is 0.687. The molecule has 2 aromatic carbocycles. The summed E-state index contributed by atoms with van der Waals surface area (Å²) in [5, 5.41) is 0.741. The average molecular weight is 337 g/mol. The van der Waals surface area contributed by atoms with Crippen LogP contribution in [0.25, 0.3) is 0 Å². The zero-order chi connectivity index (χ0) is 14.5. The molecular weight excluding hydrogens is 320 g/mol. The Morgan fingerprint density at radius 3 is 2.05 bits per heavy atom. The highest BCUT2D eigenvalue weighted by Gasteiger charge is 2.07. The molecular formula is C16H17BrO3. The van der Waals surface area contributed by atoms with Crippen LogP contribution in [0.1, 0.15) is 11.1 Å². The van der Waals surface area contributed by atoms with Crippen molar-refractivity contribution in [1.29, 1.82) is 0 Å². The molecule has 0 aliphatic carbocycles. The van der Waals surface area contributed by atoms with Crippen LogP contribution < -0.4 is 14.2 Å². The Morgan fingerprint density at radius 1 is 0.900 bits per heavy atom. The molecule has 2 rings (SSSR count). The van der Waals surface area contributed by atoms with Gasteiger partial charge in [0.25, 0.3) is 0 Å². The lowest BCUT2D eigenvalue weighted by Crippen LogP contribution is -1.93. The molecule has 4 heteroatoms. The molecule has 20 heavy (non-hydrogen) atoms. The first kappa shape index (κ1) is 14.7. The number of halogens is 1. The second-order valence-corrected chi connectivity index (χ2v) is 4.96. The SMILES string of the molecule is COc1cc(OC)cc(Oc2ccc(C)cc2CBr)c1. The van der Waals surface area contributed by atoms with Crippen molar-refractivity contribution in [2.24, 2.45) is 0 Å². The predicted molar refractivity (Wildman–Crippen MR) is 83.4 cm³/mol. The topological polar surface area (TPSA) is 27.7 Å². The van der Waals surface area contributed by atoms with Crippen LogP contribution in [0.4, 0.5) is 0 Å². The normalized spacial score (nSPS) is 10.2. The molecule has 0 aliphatic rings. The highest BCUT2D eigenvalue weighted by atomic mass is 79.9. The zero-order valence-corrected chi connectivity index (χ0v) is 13.4.